The van der Waals surface area contributed by atoms with Crippen LogP contribution in [0.25, 0.3) is 0 Å². The van der Waals surface area contributed by atoms with Crippen LogP contribution < -0.4 is 5.32 Å². The van der Waals surface area contributed by atoms with Gasteiger partial charge in [0.1, 0.15) is 5.82 Å². The summed E-state index contributed by atoms with van der Waals surface area (Å²) < 4.78 is 13.7. The van der Waals surface area contributed by atoms with Gasteiger partial charge in [-0.1, -0.05) is 37.5 Å². The molecule has 2 unspecified atom stereocenters. The molecule has 0 aliphatic heterocycles. The van der Waals surface area contributed by atoms with E-state index in [-0.39, 0.29) is 5.82 Å². The van der Waals surface area contributed by atoms with Crippen LogP contribution in [0, 0.1) is 5.82 Å². The number of halogens is 1. The first kappa shape index (κ1) is 14.5. The molecule has 0 spiro atoms. The van der Waals surface area contributed by atoms with Crippen molar-refractivity contribution in [2.45, 2.75) is 50.7 Å². The smallest absolute Gasteiger partial charge is 0.127 e. The molecule has 0 saturated heterocycles. The summed E-state index contributed by atoms with van der Waals surface area (Å²) in [7, 11) is 4.16. The second-order valence-electron chi connectivity index (χ2n) is 5.61. The summed E-state index contributed by atoms with van der Waals surface area (Å²) in [6.07, 6.45) is 6.33. The number of benzene rings is 1. The van der Waals surface area contributed by atoms with Crippen molar-refractivity contribution in [2.24, 2.45) is 0 Å². The zero-order valence-electron chi connectivity index (χ0n) is 12.0. The van der Waals surface area contributed by atoms with E-state index in [0.29, 0.717) is 18.6 Å². The zero-order chi connectivity index (χ0) is 13.7. The third-order valence-corrected chi connectivity index (χ3v) is 4.29. The molecular weight excluding hydrogens is 239 g/mol. The first-order valence-electron chi connectivity index (χ1n) is 7.33. The molecule has 2 atom stereocenters. The lowest BCUT2D eigenvalue weighted by molar-refractivity contribution is 0.177. The molecule has 1 aromatic carbocycles. The normalized spacial score (nSPS) is 24.4. The minimum Gasteiger partial charge on any atom is -0.315 e. The fourth-order valence-electron chi connectivity index (χ4n) is 3.16. The van der Waals surface area contributed by atoms with E-state index < -0.39 is 0 Å². The van der Waals surface area contributed by atoms with Gasteiger partial charge < -0.3 is 5.32 Å². The summed E-state index contributed by atoms with van der Waals surface area (Å²) >= 11 is 0. The van der Waals surface area contributed by atoms with Gasteiger partial charge in [0, 0.05) is 24.2 Å². The standard InChI is InChI=1S/C16H25FN2/c1-18-15-10-4-3-5-11-16(15)19(2)12-13-8-6-7-9-14(13)17/h6-9,15-16,18H,3-5,10-12H2,1-2H3. The third-order valence-electron chi connectivity index (χ3n) is 4.29. The molecule has 1 fully saturated rings. The fourth-order valence-corrected chi connectivity index (χ4v) is 3.16. The summed E-state index contributed by atoms with van der Waals surface area (Å²) in [5.41, 5.74) is 0.795. The lowest BCUT2D eigenvalue weighted by atomic mass is 10.0. The molecule has 1 aliphatic carbocycles. The maximum absolute atomic E-state index is 13.7. The minimum absolute atomic E-state index is 0.0935. The van der Waals surface area contributed by atoms with E-state index in [0.717, 1.165) is 5.56 Å². The van der Waals surface area contributed by atoms with Gasteiger partial charge in [-0.05, 0) is 33.0 Å². The highest BCUT2D eigenvalue weighted by Gasteiger charge is 2.26. The average Bonchev–Trinajstić information content (AvgIpc) is 2.66. The first-order chi connectivity index (χ1) is 9.22. The summed E-state index contributed by atoms with van der Waals surface area (Å²) in [5.74, 6) is -0.0935. The van der Waals surface area contributed by atoms with E-state index in [2.05, 4.69) is 17.3 Å². The average molecular weight is 264 g/mol. The Morgan fingerprint density at radius 2 is 1.95 bits per heavy atom. The highest BCUT2D eigenvalue weighted by molar-refractivity contribution is 5.17. The van der Waals surface area contributed by atoms with Crippen molar-refractivity contribution in [3.05, 3.63) is 35.6 Å². The Hall–Kier alpha value is -0.930. The summed E-state index contributed by atoms with van der Waals surface area (Å²) in [6.45, 7) is 0.690. The Kier molecular flexibility index (Phi) is 5.34. The predicted octanol–water partition coefficient (Wildman–Crippen LogP) is 3.18. The molecule has 19 heavy (non-hydrogen) atoms. The van der Waals surface area contributed by atoms with Crippen LogP contribution in [0.1, 0.15) is 37.7 Å². The van der Waals surface area contributed by atoms with Crippen LogP contribution in [0.5, 0.6) is 0 Å². The van der Waals surface area contributed by atoms with Crippen molar-refractivity contribution in [3.8, 4) is 0 Å². The number of hydrogen-bond donors (Lipinski definition) is 1. The topological polar surface area (TPSA) is 15.3 Å². The van der Waals surface area contributed by atoms with Gasteiger partial charge in [0.15, 0.2) is 0 Å². The van der Waals surface area contributed by atoms with Crippen molar-refractivity contribution < 1.29 is 4.39 Å². The molecule has 0 aromatic heterocycles. The molecule has 1 N–H and O–H groups in total. The number of hydrogen-bond acceptors (Lipinski definition) is 2. The Morgan fingerprint density at radius 1 is 1.21 bits per heavy atom. The van der Waals surface area contributed by atoms with Crippen molar-refractivity contribution in [2.75, 3.05) is 14.1 Å². The van der Waals surface area contributed by atoms with Crippen molar-refractivity contribution in [1.82, 2.24) is 10.2 Å². The second kappa shape index (κ2) is 7.01. The van der Waals surface area contributed by atoms with E-state index in [1.54, 1.807) is 12.1 Å². The monoisotopic (exact) mass is 264 g/mol. The lowest BCUT2D eigenvalue weighted by Gasteiger charge is -2.33. The Bertz CT molecular complexity index is 394. The second-order valence-corrected chi connectivity index (χ2v) is 5.61. The van der Waals surface area contributed by atoms with Crippen molar-refractivity contribution >= 4 is 0 Å². The summed E-state index contributed by atoms with van der Waals surface area (Å²) in [6, 6.07) is 8.13. The van der Waals surface area contributed by atoms with Gasteiger partial charge >= 0.3 is 0 Å². The molecule has 0 amide bonds. The number of likely N-dealkylation sites (N-methyl/N-ethyl adjacent to an activating group) is 2. The molecule has 106 valence electrons. The van der Waals surface area contributed by atoms with Gasteiger partial charge in [0.25, 0.3) is 0 Å². The molecule has 2 nitrogen and oxygen atoms in total. The molecule has 1 saturated carbocycles. The van der Waals surface area contributed by atoms with Crippen molar-refractivity contribution in [1.29, 1.82) is 0 Å². The van der Waals surface area contributed by atoms with Crippen LogP contribution in [0.15, 0.2) is 24.3 Å². The highest BCUT2D eigenvalue weighted by Crippen LogP contribution is 2.23. The van der Waals surface area contributed by atoms with Gasteiger partial charge in [-0.2, -0.15) is 0 Å². The molecule has 1 aliphatic rings. The molecule has 0 radical (unpaired) electrons. The van der Waals surface area contributed by atoms with E-state index in [4.69, 9.17) is 0 Å². The van der Waals surface area contributed by atoms with E-state index in [9.17, 15) is 4.39 Å². The Balaban J connectivity index is 2.04. The Morgan fingerprint density at radius 3 is 2.68 bits per heavy atom. The number of rotatable bonds is 4. The zero-order valence-corrected chi connectivity index (χ0v) is 12.0. The number of nitrogens with one attached hydrogen (secondary N) is 1. The molecule has 0 bridgehead atoms. The summed E-state index contributed by atoms with van der Waals surface area (Å²) in [4.78, 5) is 2.31. The maximum Gasteiger partial charge on any atom is 0.127 e. The third kappa shape index (κ3) is 3.77. The summed E-state index contributed by atoms with van der Waals surface area (Å²) in [5, 5.41) is 3.44. The molecule has 0 heterocycles. The Labute approximate surface area is 116 Å². The minimum atomic E-state index is -0.0935. The lowest BCUT2D eigenvalue weighted by Crippen LogP contribution is -2.46. The highest BCUT2D eigenvalue weighted by atomic mass is 19.1. The van der Waals surface area contributed by atoms with Gasteiger partial charge in [-0.3, -0.25) is 4.90 Å². The number of nitrogens with zero attached hydrogens (tertiary/aromatic N) is 1. The van der Waals surface area contributed by atoms with E-state index >= 15 is 0 Å². The molecule has 3 heteroatoms. The van der Waals surface area contributed by atoms with Crippen LogP contribution in [0.3, 0.4) is 0 Å². The molecular formula is C16H25FN2. The van der Waals surface area contributed by atoms with Crippen LogP contribution in [0.2, 0.25) is 0 Å². The van der Waals surface area contributed by atoms with Gasteiger partial charge in [0.05, 0.1) is 0 Å². The fraction of sp³-hybridized carbons (Fsp3) is 0.625. The first-order valence-corrected chi connectivity index (χ1v) is 7.33. The maximum atomic E-state index is 13.7. The molecule has 1 aromatic rings. The van der Waals surface area contributed by atoms with Gasteiger partial charge in [-0.25, -0.2) is 4.39 Å². The van der Waals surface area contributed by atoms with E-state index in [1.807, 2.05) is 19.2 Å². The SMILES string of the molecule is CNC1CCCCCC1N(C)Cc1ccccc1F. The van der Waals surface area contributed by atoms with Crippen LogP contribution >= 0.6 is 0 Å². The molecule has 2 rings (SSSR count). The van der Waals surface area contributed by atoms with Crippen LogP contribution in [0.4, 0.5) is 4.39 Å². The van der Waals surface area contributed by atoms with Crippen molar-refractivity contribution in [3.63, 3.8) is 0 Å². The van der Waals surface area contributed by atoms with Crippen LogP contribution in [-0.2, 0) is 6.54 Å². The van der Waals surface area contributed by atoms with Gasteiger partial charge in [0.2, 0.25) is 0 Å². The van der Waals surface area contributed by atoms with E-state index in [1.165, 1.54) is 32.1 Å². The van der Waals surface area contributed by atoms with Gasteiger partial charge in [-0.15, -0.1) is 0 Å². The predicted molar refractivity (Wildman–Crippen MR) is 77.6 cm³/mol. The van der Waals surface area contributed by atoms with Crippen LogP contribution in [-0.4, -0.2) is 31.1 Å². The largest absolute Gasteiger partial charge is 0.315 e. The quantitative estimate of drug-likeness (QED) is 0.840.